The molecular weight excluding hydrogens is 220 g/mol. The number of nitrogens with two attached hydrogens (primary N) is 2. The zero-order chi connectivity index (χ0) is 12.3. The molecule has 1 unspecified atom stereocenters. The molecule has 2 heterocycles. The first-order chi connectivity index (χ1) is 8.24. The second-order valence-electron chi connectivity index (χ2n) is 3.94. The normalized spacial score (nSPS) is 20.4. The van der Waals surface area contributed by atoms with E-state index in [9.17, 15) is 0 Å². The molecule has 1 aromatic heterocycles. The first-order valence-corrected chi connectivity index (χ1v) is 5.70. The maximum atomic E-state index is 5.65. The molecule has 7 heteroatoms. The third-order valence-corrected chi connectivity index (χ3v) is 2.87. The maximum Gasteiger partial charge on any atom is 0.223 e. The van der Waals surface area contributed by atoms with Crippen LogP contribution in [-0.2, 0) is 4.74 Å². The van der Waals surface area contributed by atoms with Gasteiger partial charge in [0, 0.05) is 12.6 Å². The molecule has 1 atom stereocenters. The highest BCUT2D eigenvalue weighted by Gasteiger charge is 2.23. The molecule has 5 N–H and O–H groups in total. The van der Waals surface area contributed by atoms with Gasteiger partial charge in [-0.1, -0.05) is 6.92 Å². The Morgan fingerprint density at radius 3 is 3.12 bits per heavy atom. The van der Waals surface area contributed by atoms with Gasteiger partial charge in [-0.15, -0.1) is 0 Å². The lowest BCUT2D eigenvalue weighted by Gasteiger charge is -2.36. The quantitative estimate of drug-likeness (QED) is 0.501. The predicted molar refractivity (Wildman–Crippen MR) is 66.5 cm³/mol. The van der Waals surface area contributed by atoms with Crippen LogP contribution in [0.5, 0.6) is 0 Å². The lowest BCUT2D eigenvalue weighted by Crippen LogP contribution is -2.45. The first kappa shape index (κ1) is 11.9. The van der Waals surface area contributed by atoms with Gasteiger partial charge in [-0.25, -0.2) is 5.84 Å². The zero-order valence-electron chi connectivity index (χ0n) is 9.89. The van der Waals surface area contributed by atoms with E-state index in [4.69, 9.17) is 16.3 Å². The SMILES string of the molecule is CCC1COCCN1c1cc(NN)nc(N)n1. The van der Waals surface area contributed by atoms with E-state index >= 15 is 0 Å². The molecule has 1 aromatic rings. The van der Waals surface area contributed by atoms with Gasteiger partial charge in [0.2, 0.25) is 5.95 Å². The average molecular weight is 238 g/mol. The van der Waals surface area contributed by atoms with Crippen LogP contribution in [0.4, 0.5) is 17.6 Å². The van der Waals surface area contributed by atoms with Crippen molar-refractivity contribution in [1.82, 2.24) is 9.97 Å². The van der Waals surface area contributed by atoms with Crippen molar-refractivity contribution >= 4 is 17.6 Å². The van der Waals surface area contributed by atoms with E-state index in [2.05, 4.69) is 27.2 Å². The van der Waals surface area contributed by atoms with E-state index < -0.39 is 0 Å². The number of anilines is 3. The fourth-order valence-corrected chi connectivity index (χ4v) is 1.97. The lowest BCUT2D eigenvalue weighted by molar-refractivity contribution is 0.0926. The summed E-state index contributed by atoms with van der Waals surface area (Å²) in [6.45, 7) is 4.34. The number of nitrogen functional groups attached to an aromatic ring is 2. The van der Waals surface area contributed by atoms with E-state index in [-0.39, 0.29) is 5.95 Å². The van der Waals surface area contributed by atoms with Crippen LogP contribution >= 0.6 is 0 Å². The molecule has 2 rings (SSSR count). The Hall–Kier alpha value is -1.60. The lowest BCUT2D eigenvalue weighted by atomic mass is 10.2. The van der Waals surface area contributed by atoms with Crippen molar-refractivity contribution in [3.63, 3.8) is 0 Å². The van der Waals surface area contributed by atoms with Crippen molar-refractivity contribution in [3.8, 4) is 0 Å². The van der Waals surface area contributed by atoms with Gasteiger partial charge in [0.1, 0.15) is 11.6 Å². The number of ether oxygens (including phenoxy) is 1. The van der Waals surface area contributed by atoms with E-state index in [0.29, 0.717) is 25.1 Å². The second kappa shape index (κ2) is 5.15. The average Bonchev–Trinajstić information content (AvgIpc) is 2.37. The van der Waals surface area contributed by atoms with Crippen LogP contribution in [0.25, 0.3) is 0 Å². The van der Waals surface area contributed by atoms with Crippen LogP contribution in [0.1, 0.15) is 13.3 Å². The number of nitrogens with one attached hydrogen (secondary N) is 1. The summed E-state index contributed by atoms with van der Waals surface area (Å²) in [7, 11) is 0. The van der Waals surface area contributed by atoms with E-state index in [1.54, 1.807) is 6.07 Å². The maximum absolute atomic E-state index is 5.65. The minimum Gasteiger partial charge on any atom is -0.377 e. The van der Waals surface area contributed by atoms with E-state index in [1.807, 2.05) is 0 Å². The molecule has 1 saturated heterocycles. The molecule has 0 aromatic carbocycles. The summed E-state index contributed by atoms with van der Waals surface area (Å²) < 4.78 is 5.45. The summed E-state index contributed by atoms with van der Waals surface area (Å²) in [5.74, 6) is 6.88. The van der Waals surface area contributed by atoms with Crippen LogP contribution in [0.3, 0.4) is 0 Å². The van der Waals surface area contributed by atoms with Crippen molar-refractivity contribution in [2.75, 3.05) is 35.8 Å². The van der Waals surface area contributed by atoms with Gasteiger partial charge in [-0.3, -0.25) is 0 Å². The van der Waals surface area contributed by atoms with Gasteiger partial charge >= 0.3 is 0 Å². The summed E-state index contributed by atoms with van der Waals surface area (Å²) >= 11 is 0. The number of aromatic nitrogens is 2. The van der Waals surface area contributed by atoms with Crippen molar-refractivity contribution in [3.05, 3.63) is 6.07 Å². The second-order valence-corrected chi connectivity index (χ2v) is 3.94. The Morgan fingerprint density at radius 2 is 2.41 bits per heavy atom. The number of rotatable bonds is 3. The van der Waals surface area contributed by atoms with Crippen molar-refractivity contribution < 1.29 is 4.74 Å². The summed E-state index contributed by atoms with van der Waals surface area (Å²) in [5.41, 5.74) is 8.14. The molecule has 0 spiro atoms. The minimum absolute atomic E-state index is 0.219. The molecular formula is C10H18N6O. The van der Waals surface area contributed by atoms with Crippen molar-refractivity contribution in [1.29, 1.82) is 0 Å². The highest BCUT2D eigenvalue weighted by Crippen LogP contribution is 2.22. The van der Waals surface area contributed by atoms with Gasteiger partial charge in [-0.2, -0.15) is 9.97 Å². The molecule has 0 saturated carbocycles. The van der Waals surface area contributed by atoms with E-state index in [0.717, 1.165) is 18.8 Å². The van der Waals surface area contributed by atoms with Gasteiger partial charge in [0.05, 0.1) is 19.3 Å². The van der Waals surface area contributed by atoms with Crippen LogP contribution in [0.2, 0.25) is 0 Å². The van der Waals surface area contributed by atoms with Gasteiger partial charge in [-0.05, 0) is 6.42 Å². The van der Waals surface area contributed by atoms with Crippen LogP contribution in [0, 0.1) is 0 Å². The molecule has 0 radical (unpaired) electrons. The fourth-order valence-electron chi connectivity index (χ4n) is 1.97. The minimum atomic E-state index is 0.219. The van der Waals surface area contributed by atoms with Crippen molar-refractivity contribution in [2.45, 2.75) is 19.4 Å². The summed E-state index contributed by atoms with van der Waals surface area (Å²) in [5, 5.41) is 0. The van der Waals surface area contributed by atoms with Crippen LogP contribution in [0.15, 0.2) is 6.07 Å². The van der Waals surface area contributed by atoms with E-state index in [1.165, 1.54) is 0 Å². The monoisotopic (exact) mass is 238 g/mol. The molecule has 1 fully saturated rings. The number of morpholine rings is 1. The molecule has 17 heavy (non-hydrogen) atoms. The summed E-state index contributed by atoms with van der Waals surface area (Å²) in [6, 6.07) is 2.12. The van der Waals surface area contributed by atoms with Gasteiger partial charge < -0.3 is 20.8 Å². The highest BCUT2D eigenvalue weighted by atomic mass is 16.5. The smallest absolute Gasteiger partial charge is 0.223 e. The Bertz CT molecular complexity index is 385. The number of hydrogen-bond donors (Lipinski definition) is 3. The summed E-state index contributed by atoms with van der Waals surface area (Å²) in [4.78, 5) is 10.4. The Morgan fingerprint density at radius 1 is 1.59 bits per heavy atom. The third-order valence-electron chi connectivity index (χ3n) is 2.87. The number of hydrazine groups is 1. The Labute approximate surface area is 100 Å². The standard InChI is InChI=1S/C10H18N6O/c1-2-7-6-17-4-3-16(7)9-5-8(15-12)13-10(11)14-9/h5,7H,2-4,6,12H2,1H3,(H3,11,13,14,15). The number of hydrogen-bond acceptors (Lipinski definition) is 7. The largest absolute Gasteiger partial charge is 0.377 e. The molecule has 7 nitrogen and oxygen atoms in total. The zero-order valence-corrected chi connectivity index (χ0v) is 9.89. The van der Waals surface area contributed by atoms with Crippen molar-refractivity contribution in [2.24, 2.45) is 5.84 Å². The van der Waals surface area contributed by atoms with Crippen LogP contribution < -0.4 is 21.9 Å². The van der Waals surface area contributed by atoms with Crippen LogP contribution in [-0.4, -0.2) is 35.8 Å². The predicted octanol–water partition coefficient (Wildman–Crippen LogP) is -0.0404. The number of nitrogens with zero attached hydrogens (tertiary/aromatic N) is 3. The molecule has 0 aliphatic carbocycles. The third kappa shape index (κ3) is 2.56. The van der Waals surface area contributed by atoms with Gasteiger partial charge in [0.25, 0.3) is 0 Å². The first-order valence-electron chi connectivity index (χ1n) is 5.70. The fraction of sp³-hybridized carbons (Fsp3) is 0.600. The highest BCUT2D eigenvalue weighted by molar-refractivity contribution is 5.52. The molecule has 1 aliphatic heterocycles. The topological polar surface area (TPSA) is 102 Å². The van der Waals surface area contributed by atoms with Gasteiger partial charge in [0.15, 0.2) is 0 Å². The molecule has 94 valence electrons. The molecule has 0 bridgehead atoms. The Kier molecular flexibility index (Phi) is 3.60. The Balaban J connectivity index is 2.27. The molecule has 0 amide bonds. The molecule has 1 aliphatic rings. The summed E-state index contributed by atoms with van der Waals surface area (Å²) in [6.07, 6.45) is 0.995.